The summed E-state index contributed by atoms with van der Waals surface area (Å²) in [5.74, 6) is -0.739. The van der Waals surface area contributed by atoms with Crippen molar-refractivity contribution in [2.75, 3.05) is 0 Å². The monoisotopic (exact) mass is 214 g/mol. The summed E-state index contributed by atoms with van der Waals surface area (Å²) in [6.45, 7) is 2.76. The molecule has 0 spiro atoms. The topological polar surface area (TPSA) is 62.2 Å². The fourth-order valence-electron chi connectivity index (χ4n) is 1.05. The van der Waals surface area contributed by atoms with Crippen LogP contribution >= 0.6 is 11.3 Å². The van der Waals surface area contributed by atoms with E-state index in [0.717, 1.165) is 6.54 Å². The molecule has 1 rings (SSSR count). The minimum Gasteiger partial charge on any atom is -0.481 e. The van der Waals surface area contributed by atoms with Crippen LogP contribution in [-0.2, 0) is 11.3 Å². The van der Waals surface area contributed by atoms with Crippen molar-refractivity contribution in [1.82, 2.24) is 10.3 Å². The number of hydrogen-bond donors (Lipinski definition) is 2. The van der Waals surface area contributed by atoms with Crippen molar-refractivity contribution in [3.8, 4) is 0 Å². The molecule has 2 N–H and O–H groups in total. The Bertz CT molecular complexity index is 274. The van der Waals surface area contributed by atoms with Crippen LogP contribution in [0, 0.1) is 0 Å². The summed E-state index contributed by atoms with van der Waals surface area (Å²) in [6.07, 6.45) is 2.70. The van der Waals surface area contributed by atoms with Gasteiger partial charge in [-0.25, -0.2) is 0 Å². The van der Waals surface area contributed by atoms with Gasteiger partial charge in [0, 0.05) is 30.1 Å². The van der Waals surface area contributed by atoms with Crippen molar-refractivity contribution in [3.63, 3.8) is 0 Å². The predicted molar refractivity (Wildman–Crippen MR) is 55.3 cm³/mol. The minimum atomic E-state index is -0.739. The highest BCUT2D eigenvalue weighted by Gasteiger charge is 2.04. The summed E-state index contributed by atoms with van der Waals surface area (Å²) >= 11 is 1.60. The number of hydrogen-bond acceptors (Lipinski definition) is 4. The number of carboxylic acids is 1. The van der Waals surface area contributed by atoms with Gasteiger partial charge in [0.25, 0.3) is 0 Å². The van der Waals surface area contributed by atoms with E-state index in [9.17, 15) is 4.79 Å². The van der Waals surface area contributed by atoms with Crippen LogP contribution in [0.25, 0.3) is 0 Å². The number of nitrogens with one attached hydrogen (secondary N) is 1. The fraction of sp³-hybridized carbons (Fsp3) is 0.556. The van der Waals surface area contributed by atoms with Gasteiger partial charge < -0.3 is 10.4 Å². The molecule has 0 amide bonds. The lowest BCUT2D eigenvalue weighted by molar-refractivity contribution is -0.137. The summed E-state index contributed by atoms with van der Waals surface area (Å²) < 4.78 is 0. The molecule has 0 aliphatic carbocycles. The molecule has 1 aromatic heterocycles. The van der Waals surface area contributed by atoms with Gasteiger partial charge in [-0.2, -0.15) is 0 Å². The molecular formula is C9H14N2O2S. The Balaban J connectivity index is 2.15. The second kappa shape index (κ2) is 5.72. The second-order valence-electron chi connectivity index (χ2n) is 3.18. The highest BCUT2D eigenvalue weighted by molar-refractivity contribution is 7.09. The number of nitrogens with zero attached hydrogens (tertiary/aromatic N) is 1. The lowest BCUT2D eigenvalue weighted by Gasteiger charge is -2.10. The molecule has 14 heavy (non-hydrogen) atoms. The molecule has 5 heteroatoms. The van der Waals surface area contributed by atoms with Crippen LogP contribution in [0.4, 0.5) is 0 Å². The molecule has 0 aromatic carbocycles. The number of aliphatic carboxylic acids is 1. The maximum absolute atomic E-state index is 10.3. The zero-order valence-corrected chi connectivity index (χ0v) is 8.88. The van der Waals surface area contributed by atoms with E-state index in [4.69, 9.17) is 5.11 Å². The molecule has 0 saturated carbocycles. The Morgan fingerprint density at radius 3 is 3.14 bits per heavy atom. The van der Waals surface area contributed by atoms with Crippen LogP contribution in [0.2, 0.25) is 0 Å². The highest BCUT2D eigenvalue weighted by Crippen LogP contribution is 2.05. The van der Waals surface area contributed by atoms with Crippen LogP contribution in [0.15, 0.2) is 11.7 Å². The molecular weight excluding hydrogens is 200 g/mol. The number of rotatable bonds is 6. The molecule has 0 saturated heterocycles. The number of aromatic nitrogens is 1. The highest BCUT2D eigenvalue weighted by atomic mass is 32.1. The van der Waals surface area contributed by atoms with Gasteiger partial charge in [0.2, 0.25) is 0 Å². The van der Waals surface area contributed by atoms with Gasteiger partial charge in [0.1, 0.15) is 0 Å². The SMILES string of the molecule is CC(CCC(=O)O)NCc1cncs1. The molecule has 0 bridgehead atoms. The Kier molecular flexibility index (Phi) is 4.55. The van der Waals surface area contributed by atoms with Crippen molar-refractivity contribution < 1.29 is 9.90 Å². The van der Waals surface area contributed by atoms with Gasteiger partial charge in [-0.15, -0.1) is 11.3 Å². The Hall–Kier alpha value is -0.940. The van der Waals surface area contributed by atoms with Gasteiger partial charge >= 0.3 is 5.97 Å². The van der Waals surface area contributed by atoms with Crippen LogP contribution in [0.3, 0.4) is 0 Å². The van der Waals surface area contributed by atoms with Crippen LogP contribution in [0.5, 0.6) is 0 Å². The van der Waals surface area contributed by atoms with E-state index >= 15 is 0 Å². The van der Waals surface area contributed by atoms with Gasteiger partial charge in [0.05, 0.1) is 5.51 Å². The van der Waals surface area contributed by atoms with Crippen molar-refractivity contribution >= 4 is 17.3 Å². The van der Waals surface area contributed by atoms with Gasteiger partial charge in [-0.3, -0.25) is 9.78 Å². The van der Waals surface area contributed by atoms with Gasteiger partial charge in [-0.05, 0) is 13.3 Å². The van der Waals surface area contributed by atoms with Crippen molar-refractivity contribution in [2.24, 2.45) is 0 Å². The first-order valence-corrected chi connectivity index (χ1v) is 5.39. The van der Waals surface area contributed by atoms with Crippen molar-refractivity contribution in [3.05, 3.63) is 16.6 Å². The molecule has 0 aliphatic rings. The van der Waals surface area contributed by atoms with Gasteiger partial charge in [-0.1, -0.05) is 0 Å². The van der Waals surface area contributed by atoms with E-state index in [1.54, 1.807) is 16.8 Å². The maximum atomic E-state index is 10.3. The van der Waals surface area contributed by atoms with Crippen molar-refractivity contribution in [2.45, 2.75) is 32.4 Å². The third-order valence-corrected chi connectivity index (χ3v) is 2.68. The molecule has 0 radical (unpaired) electrons. The third kappa shape index (κ3) is 4.34. The van der Waals surface area contributed by atoms with E-state index in [0.29, 0.717) is 6.42 Å². The number of carbonyl (C=O) groups is 1. The van der Waals surface area contributed by atoms with E-state index in [2.05, 4.69) is 10.3 Å². The maximum Gasteiger partial charge on any atom is 0.303 e. The first-order chi connectivity index (χ1) is 6.68. The smallest absolute Gasteiger partial charge is 0.303 e. The molecule has 78 valence electrons. The largest absolute Gasteiger partial charge is 0.481 e. The first-order valence-electron chi connectivity index (χ1n) is 4.51. The van der Waals surface area contributed by atoms with Gasteiger partial charge in [0.15, 0.2) is 0 Å². The van der Waals surface area contributed by atoms with Crippen molar-refractivity contribution in [1.29, 1.82) is 0 Å². The summed E-state index contributed by atoms with van der Waals surface area (Å²) in [6, 6.07) is 0.230. The molecule has 1 atom stereocenters. The quantitative estimate of drug-likeness (QED) is 0.753. The lowest BCUT2D eigenvalue weighted by Crippen LogP contribution is -2.25. The van der Waals surface area contributed by atoms with E-state index in [1.165, 1.54) is 4.88 Å². The molecule has 0 fully saturated rings. The van der Waals surface area contributed by atoms with E-state index < -0.39 is 5.97 Å². The average molecular weight is 214 g/mol. The Morgan fingerprint density at radius 1 is 1.79 bits per heavy atom. The van der Waals surface area contributed by atoms with E-state index in [-0.39, 0.29) is 12.5 Å². The average Bonchev–Trinajstić information content (AvgIpc) is 2.63. The molecule has 0 aliphatic heterocycles. The zero-order chi connectivity index (χ0) is 10.4. The van der Waals surface area contributed by atoms with Crippen LogP contribution in [-0.4, -0.2) is 22.1 Å². The summed E-state index contributed by atoms with van der Waals surface area (Å²) in [5.41, 5.74) is 1.79. The molecule has 1 heterocycles. The standard InChI is InChI=1S/C9H14N2O2S/c1-7(2-3-9(12)13)11-5-8-4-10-6-14-8/h4,6-7,11H,2-3,5H2,1H3,(H,12,13). The van der Waals surface area contributed by atoms with E-state index in [1.807, 2.05) is 13.1 Å². The lowest BCUT2D eigenvalue weighted by atomic mass is 10.2. The van der Waals surface area contributed by atoms with Crippen LogP contribution in [0.1, 0.15) is 24.6 Å². The summed E-state index contributed by atoms with van der Waals surface area (Å²) in [5, 5.41) is 11.7. The molecule has 4 nitrogen and oxygen atoms in total. The second-order valence-corrected chi connectivity index (χ2v) is 4.15. The molecule has 1 aromatic rings. The zero-order valence-electron chi connectivity index (χ0n) is 8.06. The Morgan fingerprint density at radius 2 is 2.57 bits per heavy atom. The number of carboxylic acid groups (broad SMARTS) is 1. The summed E-state index contributed by atoms with van der Waals surface area (Å²) in [7, 11) is 0. The normalized spacial score (nSPS) is 12.6. The predicted octanol–water partition coefficient (Wildman–Crippen LogP) is 1.49. The third-order valence-electron chi connectivity index (χ3n) is 1.90. The first kappa shape index (κ1) is 11.1. The van der Waals surface area contributed by atoms with Crippen LogP contribution < -0.4 is 5.32 Å². The Labute approximate surface area is 87.0 Å². The molecule has 1 unspecified atom stereocenters. The minimum absolute atomic E-state index is 0.219. The fourth-order valence-corrected chi connectivity index (χ4v) is 1.59. The summed E-state index contributed by atoms with van der Waals surface area (Å²) in [4.78, 5) is 15.4. The number of thiazole rings is 1.